The van der Waals surface area contributed by atoms with Crippen molar-refractivity contribution in [2.24, 2.45) is 0 Å². The average molecular weight is 475 g/mol. The Morgan fingerprint density at radius 3 is 1.81 bits per heavy atom. The third kappa shape index (κ3) is 4.49. The van der Waals surface area contributed by atoms with Gasteiger partial charge >= 0.3 is 0 Å². The minimum atomic E-state index is 0.288. The highest BCUT2D eigenvalue weighted by molar-refractivity contribution is 5.89. The molecule has 0 atom stereocenters. The number of para-hydroxylation sites is 3. The van der Waals surface area contributed by atoms with E-state index < -0.39 is 0 Å². The molecule has 0 radical (unpaired) electrons. The highest BCUT2D eigenvalue weighted by atomic mass is 16.3. The summed E-state index contributed by atoms with van der Waals surface area (Å²) in [7, 11) is 0. The van der Waals surface area contributed by atoms with Gasteiger partial charge in [-0.2, -0.15) is 0 Å². The van der Waals surface area contributed by atoms with Crippen LogP contribution in [0.2, 0.25) is 0 Å². The molecule has 0 aromatic heterocycles. The van der Waals surface area contributed by atoms with Crippen LogP contribution >= 0.6 is 0 Å². The summed E-state index contributed by atoms with van der Waals surface area (Å²) in [4.78, 5) is 4.51. The number of phenolic OH excluding ortho intramolecular Hbond substituents is 1. The molecule has 4 aromatic rings. The van der Waals surface area contributed by atoms with Gasteiger partial charge in [-0.25, -0.2) is 0 Å². The zero-order valence-corrected chi connectivity index (χ0v) is 21.5. The Bertz CT molecular complexity index is 1340. The summed E-state index contributed by atoms with van der Waals surface area (Å²) >= 11 is 0. The van der Waals surface area contributed by atoms with Crippen LogP contribution in [-0.2, 0) is 0 Å². The number of anilines is 2. The van der Waals surface area contributed by atoms with Crippen LogP contribution in [0.1, 0.15) is 56.2 Å². The number of hydrogen-bond donors (Lipinski definition) is 1. The van der Waals surface area contributed by atoms with Crippen molar-refractivity contribution in [3.8, 4) is 16.9 Å². The molecule has 5 rings (SSSR count). The number of phenols is 1. The summed E-state index contributed by atoms with van der Waals surface area (Å²) in [6, 6.07) is 33.5. The molecule has 0 bridgehead atoms. The van der Waals surface area contributed by atoms with Crippen LogP contribution < -0.4 is 9.80 Å². The first-order valence-corrected chi connectivity index (χ1v) is 12.8. The van der Waals surface area contributed by atoms with Crippen molar-refractivity contribution in [2.45, 2.75) is 39.5 Å². The standard InChI is InChI=1S/C33H34N2O/c1-23(2)28-19-26(25-13-7-5-8-14-25)20-29(24(3)4)33(28)31-21-34(30-17-11-12-18-32(30)36)22-35(31)27-15-9-6-10-16-27/h5-21,23-24,36H,22H2,1-4H3. The number of aromatic hydroxyl groups is 1. The Labute approximate surface area is 215 Å². The van der Waals surface area contributed by atoms with Crippen LogP contribution in [0.3, 0.4) is 0 Å². The molecule has 0 aliphatic carbocycles. The Morgan fingerprint density at radius 1 is 0.667 bits per heavy atom. The molecule has 1 aliphatic heterocycles. The number of nitrogens with zero attached hydrogens (tertiary/aromatic N) is 2. The monoisotopic (exact) mass is 474 g/mol. The average Bonchev–Trinajstić information content (AvgIpc) is 3.34. The summed E-state index contributed by atoms with van der Waals surface area (Å²) in [5, 5.41) is 10.6. The molecule has 182 valence electrons. The third-order valence-electron chi connectivity index (χ3n) is 6.93. The lowest BCUT2D eigenvalue weighted by Gasteiger charge is -2.29. The zero-order chi connectivity index (χ0) is 25.2. The van der Waals surface area contributed by atoms with Gasteiger partial charge in [0.25, 0.3) is 0 Å². The minimum absolute atomic E-state index is 0.288. The van der Waals surface area contributed by atoms with E-state index in [0.29, 0.717) is 18.5 Å². The molecule has 0 unspecified atom stereocenters. The smallest absolute Gasteiger partial charge is 0.139 e. The van der Waals surface area contributed by atoms with Gasteiger partial charge < -0.3 is 14.9 Å². The van der Waals surface area contributed by atoms with Crippen LogP contribution in [0.25, 0.3) is 16.8 Å². The summed E-state index contributed by atoms with van der Waals surface area (Å²) < 4.78 is 0. The van der Waals surface area contributed by atoms with E-state index in [1.807, 2.05) is 18.2 Å². The largest absolute Gasteiger partial charge is 0.506 e. The maximum atomic E-state index is 10.6. The predicted octanol–water partition coefficient (Wildman–Crippen LogP) is 8.59. The van der Waals surface area contributed by atoms with E-state index in [-0.39, 0.29) is 5.75 Å². The van der Waals surface area contributed by atoms with Gasteiger partial charge in [0.1, 0.15) is 5.75 Å². The number of hydrogen-bond acceptors (Lipinski definition) is 3. The van der Waals surface area contributed by atoms with E-state index in [1.54, 1.807) is 6.07 Å². The predicted molar refractivity (Wildman–Crippen MR) is 152 cm³/mol. The van der Waals surface area contributed by atoms with Gasteiger partial charge in [-0.05, 0) is 58.4 Å². The van der Waals surface area contributed by atoms with Crippen LogP contribution in [0.4, 0.5) is 11.4 Å². The maximum Gasteiger partial charge on any atom is 0.139 e. The molecular weight excluding hydrogens is 440 g/mol. The molecule has 0 saturated carbocycles. The molecule has 0 saturated heterocycles. The van der Waals surface area contributed by atoms with Crippen molar-refractivity contribution in [3.63, 3.8) is 0 Å². The lowest BCUT2D eigenvalue weighted by Crippen LogP contribution is -2.27. The molecule has 4 aromatic carbocycles. The van der Waals surface area contributed by atoms with E-state index in [2.05, 4.69) is 116 Å². The lowest BCUT2D eigenvalue weighted by atomic mass is 9.84. The van der Waals surface area contributed by atoms with E-state index in [1.165, 1.54) is 27.8 Å². The van der Waals surface area contributed by atoms with Crippen LogP contribution in [0, 0.1) is 0 Å². The highest BCUT2D eigenvalue weighted by Crippen LogP contribution is 2.43. The van der Waals surface area contributed by atoms with Gasteiger partial charge in [-0.3, -0.25) is 0 Å². The fourth-order valence-electron chi connectivity index (χ4n) is 5.06. The molecule has 36 heavy (non-hydrogen) atoms. The maximum absolute atomic E-state index is 10.6. The topological polar surface area (TPSA) is 26.7 Å². The Hall–Kier alpha value is -3.98. The molecule has 3 heteroatoms. The van der Waals surface area contributed by atoms with Crippen molar-refractivity contribution in [1.29, 1.82) is 0 Å². The molecule has 0 spiro atoms. The number of rotatable bonds is 6. The summed E-state index contributed by atoms with van der Waals surface area (Å²) in [5.74, 6) is 0.980. The Balaban J connectivity index is 1.74. The van der Waals surface area contributed by atoms with Crippen molar-refractivity contribution >= 4 is 17.1 Å². The first-order chi connectivity index (χ1) is 17.4. The normalized spacial score (nSPS) is 13.6. The quantitative estimate of drug-likeness (QED) is 0.303. The molecule has 1 heterocycles. The van der Waals surface area contributed by atoms with Crippen molar-refractivity contribution in [1.82, 2.24) is 0 Å². The second kappa shape index (κ2) is 9.94. The van der Waals surface area contributed by atoms with E-state index >= 15 is 0 Å². The van der Waals surface area contributed by atoms with Gasteiger partial charge in [-0.1, -0.05) is 100 Å². The molecular formula is C33H34N2O. The first kappa shape index (κ1) is 23.7. The second-order valence-electron chi connectivity index (χ2n) is 10.1. The van der Waals surface area contributed by atoms with Crippen LogP contribution in [0.5, 0.6) is 5.75 Å². The third-order valence-corrected chi connectivity index (χ3v) is 6.93. The zero-order valence-electron chi connectivity index (χ0n) is 21.5. The van der Waals surface area contributed by atoms with Gasteiger partial charge in [0.05, 0.1) is 18.1 Å². The van der Waals surface area contributed by atoms with Crippen molar-refractivity contribution in [2.75, 3.05) is 16.5 Å². The van der Waals surface area contributed by atoms with E-state index in [9.17, 15) is 5.11 Å². The summed E-state index contributed by atoms with van der Waals surface area (Å²) in [6.07, 6.45) is 2.21. The van der Waals surface area contributed by atoms with E-state index in [4.69, 9.17) is 0 Å². The second-order valence-corrected chi connectivity index (χ2v) is 10.1. The number of benzene rings is 4. The van der Waals surface area contributed by atoms with Gasteiger partial charge in [0, 0.05) is 17.5 Å². The Kier molecular flexibility index (Phi) is 6.56. The van der Waals surface area contributed by atoms with Crippen molar-refractivity contribution < 1.29 is 5.11 Å². The fourth-order valence-corrected chi connectivity index (χ4v) is 5.06. The minimum Gasteiger partial charge on any atom is -0.506 e. The first-order valence-electron chi connectivity index (χ1n) is 12.8. The molecule has 0 amide bonds. The summed E-state index contributed by atoms with van der Waals surface area (Å²) in [5.41, 5.74) is 9.58. The van der Waals surface area contributed by atoms with Gasteiger partial charge in [0.2, 0.25) is 0 Å². The van der Waals surface area contributed by atoms with Gasteiger partial charge in [0.15, 0.2) is 0 Å². The lowest BCUT2D eigenvalue weighted by molar-refractivity contribution is 0.475. The highest BCUT2D eigenvalue weighted by Gasteiger charge is 2.30. The van der Waals surface area contributed by atoms with Crippen LogP contribution in [-0.4, -0.2) is 11.8 Å². The summed E-state index contributed by atoms with van der Waals surface area (Å²) in [6.45, 7) is 9.75. The van der Waals surface area contributed by atoms with Gasteiger partial charge in [-0.15, -0.1) is 0 Å². The molecule has 1 N–H and O–H groups in total. The Morgan fingerprint density at radius 2 is 1.22 bits per heavy atom. The SMILES string of the molecule is CC(C)c1cc(-c2ccccc2)cc(C(C)C)c1C1=CN(c2ccccc2O)CN1c1ccccc1. The fraction of sp³-hybridized carbons (Fsp3) is 0.212. The van der Waals surface area contributed by atoms with Crippen LogP contribution in [0.15, 0.2) is 103 Å². The molecule has 1 aliphatic rings. The molecule has 0 fully saturated rings. The van der Waals surface area contributed by atoms with Crippen molar-refractivity contribution in [3.05, 3.63) is 120 Å². The van der Waals surface area contributed by atoms with E-state index in [0.717, 1.165) is 17.1 Å². The molecule has 3 nitrogen and oxygen atoms in total.